The standard InChI is InChI=1S/C14H19NO4/c1-2-11-3-4-12(19-11)13(16)15-7-5-14(6-8-15)17-9-10-18-14/h3-4H,2,5-10H2,1H3. The van der Waals surface area contributed by atoms with Gasteiger partial charge in [-0.1, -0.05) is 6.92 Å². The molecule has 0 radical (unpaired) electrons. The number of nitrogens with zero attached hydrogens (tertiary/aromatic N) is 1. The number of furan rings is 1. The SMILES string of the molecule is CCc1ccc(C(=O)N2CCC3(CC2)OCCO3)o1. The third-order valence-corrected chi connectivity index (χ3v) is 3.85. The van der Waals surface area contributed by atoms with Crippen LogP contribution in [0.15, 0.2) is 16.5 Å². The summed E-state index contributed by atoms with van der Waals surface area (Å²) in [6, 6.07) is 3.62. The Balaban J connectivity index is 1.63. The number of hydrogen-bond acceptors (Lipinski definition) is 4. The van der Waals surface area contributed by atoms with Crippen molar-refractivity contribution in [3.05, 3.63) is 23.7 Å². The van der Waals surface area contributed by atoms with Gasteiger partial charge in [0.1, 0.15) is 5.76 Å². The molecule has 5 heteroatoms. The molecule has 2 saturated heterocycles. The number of aryl methyl sites for hydroxylation is 1. The van der Waals surface area contributed by atoms with E-state index in [1.807, 2.05) is 17.9 Å². The number of piperidine rings is 1. The van der Waals surface area contributed by atoms with Crippen LogP contribution in [0, 0.1) is 0 Å². The molecule has 0 saturated carbocycles. The van der Waals surface area contributed by atoms with E-state index < -0.39 is 5.79 Å². The number of likely N-dealkylation sites (tertiary alicyclic amines) is 1. The van der Waals surface area contributed by atoms with E-state index in [4.69, 9.17) is 13.9 Å². The largest absolute Gasteiger partial charge is 0.456 e. The maximum atomic E-state index is 12.3. The summed E-state index contributed by atoms with van der Waals surface area (Å²) in [5.41, 5.74) is 0. The molecule has 0 unspecified atom stereocenters. The van der Waals surface area contributed by atoms with Crippen LogP contribution in [0.1, 0.15) is 36.1 Å². The first-order chi connectivity index (χ1) is 9.22. The van der Waals surface area contributed by atoms with Crippen molar-refractivity contribution in [1.29, 1.82) is 0 Å². The summed E-state index contributed by atoms with van der Waals surface area (Å²) in [6.07, 6.45) is 2.28. The minimum absolute atomic E-state index is 0.0347. The number of carbonyl (C=O) groups excluding carboxylic acids is 1. The molecule has 5 nitrogen and oxygen atoms in total. The van der Waals surface area contributed by atoms with Crippen molar-refractivity contribution in [1.82, 2.24) is 4.90 Å². The number of ether oxygens (including phenoxy) is 2. The molecule has 1 aromatic heterocycles. The van der Waals surface area contributed by atoms with Gasteiger partial charge in [0.2, 0.25) is 0 Å². The van der Waals surface area contributed by atoms with Gasteiger partial charge in [0.15, 0.2) is 11.5 Å². The van der Waals surface area contributed by atoms with Crippen LogP contribution in [0.4, 0.5) is 0 Å². The molecule has 3 rings (SSSR count). The lowest BCUT2D eigenvalue weighted by Gasteiger charge is -2.37. The molecule has 1 aromatic rings. The van der Waals surface area contributed by atoms with Crippen molar-refractivity contribution in [3.8, 4) is 0 Å². The molecule has 1 amide bonds. The highest BCUT2D eigenvalue weighted by Gasteiger charge is 2.41. The molecular weight excluding hydrogens is 246 g/mol. The van der Waals surface area contributed by atoms with Gasteiger partial charge in [0, 0.05) is 32.4 Å². The summed E-state index contributed by atoms with van der Waals surface area (Å²) < 4.78 is 16.8. The fraction of sp³-hybridized carbons (Fsp3) is 0.643. The zero-order chi connectivity index (χ0) is 13.3. The molecule has 0 N–H and O–H groups in total. The van der Waals surface area contributed by atoms with Crippen molar-refractivity contribution in [2.75, 3.05) is 26.3 Å². The summed E-state index contributed by atoms with van der Waals surface area (Å²) in [4.78, 5) is 14.1. The van der Waals surface area contributed by atoms with Gasteiger partial charge in [0.25, 0.3) is 5.91 Å². The lowest BCUT2D eigenvalue weighted by Crippen LogP contribution is -2.47. The highest BCUT2D eigenvalue weighted by Crippen LogP contribution is 2.31. The van der Waals surface area contributed by atoms with E-state index in [0.717, 1.165) is 25.0 Å². The third kappa shape index (κ3) is 2.40. The Hall–Kier alpha value is -1.33. The Morgan fingerprint density at radius 2 is 1.95 bits per heavy atom. The molecule has 19 heavy (non-hydrogen) atoms. The number of carbonyl (C=O) groups is 1. The molecule has 3 heterocycles. The predicted molar refractivity (Wildman–Crippen MR) is 67.9 cm³/mol. The van der Waals surface area contributed by atoms with E-state index >= 15 is 0 Å². The van der Waals surface area contributed by atoms with Gasteiger partial charge >= 0.3 is 0 Å². The van der Waals surface area contributed by atoms with Gasteiger partial charge in [0.05, 0.1) is 13.2 Å². The normalized spacial score (nSPS) is 22.1. The molecule has 2 fully saturated rings. The molecular formula is C14H19NO4. The number of hydrogen-bond donors (Lipinski definition) is 0. The molecule has 0 aliphatic carbocycles. The maximum absolute atomic E-state index is 12.3. The summed E-state index contributed by atoms with van der Waals surface area (Å²) in [7, 11) is 0. The zero-order valence-electron chi connectivity index (χ0n) is 11.2. The van der Waals surface area contributed by atoms with Crippen LogP contribution in [0.5, 0.6) is 0 Å². The summed E-state index contributed by atoms with van der Waals surface area (Å²) in [5.74, 6) is 0.807. The zero-order valence-corrected chi connectivity index (χ0v) is 11.2. The Bertz CT molecular complexity index is 452. The molecule has 2 aliphatic heterocycles. The topological polar surface area (TPSA) is 51.9 Å². The van der Waals surface area contributed by atoms with Gasteiger partial charge in [-0.2, -0.15) is 0 Å². The number of amides is 1. The Labute approximate surface area is 112 Å². The van der Waals surface area contributed by atoms with Crippen LogP contribution in [-0.4, -0.2) is 42.9 Å². The van der Waals surface area contributed by atoms with E-state index in [9.17, 15) is 4.79 Å². The molecule has 0 aromatic carbocycles. The van der Waals surface area contributed by atoms with Crippen molar-refractivity contribution in [2.45, 2.75) is 32.0 Å². The summed E-state index contributed by atoms with van der Waals surface area (Å²) in [5, 5.41) is 0. The van der Waals surface area contributed by atoms with Crippen molar-refractivity contribution < 1.29 is 18.7 Å². The van der Waals surface area contributed by atoms with E-state index in [-0.39, 0.29) is 5.91 Å². The quantitative estimate of drug-likeness (QED) is 0.818. The van der Waals surface area contributed by atoms with Crippen LogP contribution in [0.25, 0.3) is 0 Å². The molecule has 1 spiro atoms. The minimum Gasteiger partial charge on any atom is -0.456 e. The Morgan fingerprint density at radius 1 is 1.26 bits per heavy atom. The monoisotopic (exact) mass is 265 g/mol. The van der Waals surface area contributed by atoms with Crippen LogP contribution in [0.2, 0.25) is 0 Å². The van der Waals surface area contributed by atoms with Gasteiger partial charge in [-0.25, -0.2) is 0 Å². The van der Waals surface area contributed by atoms with Gasteiger partial charge in [-0.05, 0) is 12.1 Å². The van der Waals surface area contributed by atoms with E-state index in [1.165, 1.54) is 0 Å². The lowest BCUT2D eigenvalue weighted by molar-refractivity contribution is -0.181. The Morgan fingerprint density at radius 3 is 2.53 bits per heavy atom. The average Bonchev–Trinajstić information content (AvgIpc) is 3.08. The van der Waals surface area contributed by atoms with Gasteiger partial charge < -0.3 is 18.8 Å². The van der Waals surface area contributed by atoms with E-state index in [0.29, 0.717) is 32.1 Å². The van der Waals surface area contributed by atoms with Crippen molar-refractivity contribution >= 4 is 5.91 Å². The van der Waals surface area contributed by atoms with Crippen molar-refractivity contribution in [2.24, 2.45) is 0 Å². The number of rotatable bonds is 2. The minimum atomic E-state index is -0.436. The van der Waals surface area contributed by atoms with E-state index in [1.54, 1.807) is 6.07 Å². The molecule has 104 valence electrons. The predicted octanol–water partition coefficient (Wildman–Crippen LogP) is 1.82. The average molecular weight is 265 g/mol. The summed E-state index contributed by atoms with van der Waals surface area (Å²) >= 11 is 0. The molecule has 0 atom stereocenters. The van der Waals surface area contributed by atoms with Crippen LogP contribution < -0.4 is 0 Å². The van der Waals surface area contributed by atoms with Gasteiger partial charge in [-0.3, -0.25) is 4.79 Å². The first-order valence-corrected chi connectivity index (χ1v) is 6.88. The first kappa shape index (κ1) is 12.7. The fourth-order valence-corrected chi connectivity index (χ4v) is 2.67. The second kappa shape index (κ2) is 4.98. The van der Waals surface area contributed by atoms with Crippen LogP contribution in [0.3, 0.4) is 0 Å². The summed E-state index contributed by atoms with van der Waals surface area (Å²) in [6.45, 7) is 4.63. The Kier molecular flexibility index (Phi) is 3.33. The first-order valence-electron chi connectivity index (χ1n) is 6.88. The van der Waals surface area contributed by atoms with Gasteiger partial charge in [-0.15, -0.1) is 0 Å². The smallest absolute Gasteiger partial charge is 0.289 e. The highest BCUT2D eigenvalue weighted by molar-refractivity contribution is 5.91. The van der Waals surface area contributed by atoms with E-state index in [2.05, 4.69) is 0 Å². The highest BCUT2D eigenvalue weighted by atomic mass is 16.7. The lowest BCUT2D eigenvalue weighted by atomic mass is 10.0. The van der Waals surface area contributed by atoms with Crippen LogP contribution in [-0.2, 0) is 15.9 Å². The molecule has 2 aliphatic rings. The van der Waals surface area contributed by atoms with Crippen molar-refractivity contribution in [3.63, 3.8) is 0 Å². The third-order valence-electron chi connectivity index (χ3n) is 3.85. The second-order valence-corrected chi connectivity index (χ2v) is 5.02. The fourth-order valence-electron chi connectivity index (χ4n) is 2.67. The maximum Gasteiger partial charge on any atom is 0.289 e. The van der Waals surface area contributed by atoms with Crippen LogP contribution >= 0.6 is 0 Å². The second-order valence-electron chi connectivity index (χ2n) is 5.02. The molecule has 0 bridgehead atoms.